The first-order chi connectivity index (χ1) is 24.1. The molecule has 3 atom stereocenters. The molecule has 292 valence electrons. The summed E-state index contributed by atoms with van der Waals surface area (Å²) in [5, 5.41) is 8.85. The Morgan fingerprint density at radius 3 is 1.60 bits per heavy atom. The van der Waals surface area contributed by atoms with E-state index in [0.717, 1.165) is 44.9 Å². The number of ether oxygens (including phenoxy) is 2. The Morgan fingerprint density at radius 2 is 1.06 bits per heavy atom. The van der Waals surface area contributed by atoms with Crippen molar-refractivity contribution in [1.82, 2.24) is 0 Å². The molecule has 12 heteroatoms. The average Bonchev–Trinajstić information content (AvgIpc) is 3.09. The minimum absolute atomic E-state index is 0.157. The number of nitrogens with two attached hydrogens (primary N) is 1. The van der Waals surface area contributed by atoms with Crippen molar-refractivity contribution in [2.24, 2.45) is 5.73 Å². The third-order valence-corrected chi connectivity index (χ3v) is 9.15. The van der Waals surface area contributed by atoms with Gasteiger partial charge in [-0.3, -0.25) is 23.4 Å². The number of hydrogen-bond donors (Lipinski definition) is 3. The average molecular weight is 732 g/mol. The van der Waals surface area contributed by atoms with E-state index < -0.39 is 51.1 Å². The molecule has 0 fully saturated rings. The van der Waals surface area contributed by atoms with Crippen LogP contribution in [-0.4, -0.2) is 59.9 Å². The normalized spacial score (nSPS) is 14.2. The van der Waals surface area contributed by atoms with E-state index in [2.05, 4.69) is 42.7 Å². The Labute approximate surface area is 302 Å². The Bertz CT molecular complexity index is 958. The van der Waals surface area contributed by atoms with E-state index in [-0.39, 0.29) is 19.4 Å². The van der Waals surface area contributed by atoms with Crippen LogP contribution < -0.4 is 5.73 Å². The highest BCUT2D eigenvalue weighted by Crippen LogP contribution is 2.43. The summed E-state index contributed by atoms with van der Waals surface area (Å²) in [6.45, 7) is 2.74. The van der Waals surface area contributed by atoms with Crippen LogP contribution >= 0.6 is 7.82 Å². The van der Waals surface area contributed by atoms with Gasteiger partial charge in [0, 0.05) is 12.8 Å². The lowest BCUT2D eigenvalue weighted by atomic mass is 10.1. The molecular formula is C38H70NO10P. The Kier molecular flexibility index (Phi) is 32.7. The van der Waals surface area contributed by atoms with Crippen molar-refractivity contribution in [1.29, 1.82) is 0 Å². The van der Waals surface area contributed by atoms with Gasteiger partial charge >= 0.3 is 25.7 Å². The molecule has 0 spiro atoms. The molecule has 0 radical (unpaired) electrons. The van der Waals surface area contributed by atoms with Gasteiger partial charge in [-0.05, 0) is 44.9 Å². The van der Waals surface area contributed by atoms with Gasteiger partial charge in [0.05, 0.1) is 13.2 Å². The molecule has 0 bridgehead atoms. The molecule has 4 N–H and O–H groups in total. The predicted octanol–water partition coefficient (Wildman–Crippen LogP) is 9.50. The number of phosphoric ester groups is 1. The number of carbonyl (C=O) groups is 3. The molecule has 0 aromatic carbocycles. The van der Waals surface area contributed by atoms with E-state index in [1.54, 1.807) is 0 Å². The van der Waals surface area contributed by atoms with Crippen molar-refractivity contribution in [3.05, 3.63) is 24.3 Å². The maximum Gasteiger partial charge on any atom is 0.472 e. The van der Waals surface area contributed by atoms with Crippen LogP contribution in [-0.2, 0) is 37.5 Å². The first kappa shape index (κ1) is 48.0. The molecule has 0 amide bonds. The van der Waals surface area contributed by atoms with E-state index in [0.29, 0.717) is 12.8 Å². The fourth-order valence-corrected chi connectivity index (χ4v) is 5.87. The van der Waals surface area contributed by atoms with E-state index in [4.69, 9.17) is 24.8 Å². The highest BCUT2D eigenvalue weighted by Gasteiger charge is 2.28. The topological polar surface area (TPSA) is 172 Å². The molecule has 0 heterocycles. The van der Waals surface area contributed by atoms with Crippen molar-refractivity contribution < 1.29 is 47.5 Å². The fourth-order valence-electron chi connectivity index (χ4n) is 5.09. The monoisotopic (exact) mass is 731 g/mol. The molecule has 0 rings (SSSR count). The van der Waals surface area contributed by atoms with Crippen molar-refractivity contribution in [3.8, 4) is 0 Å². The minimum atomic E-state index is -4.71. The first-order valence-electron chi connectivity index (χ1n) is 19.4. The zero-order valence-corrected chi connectivity index (χ0v) is 32.1. The van der Waals surface area contributed by atoms with Crippen LogP contribution in [0.1, 0.15) is 168 Å². The number of unbranched alkanes of at least 4 members (excludes halogenated alkanes) is 18. The first-order valence-corrected chi connectivity index (χ1v) is 20.9. The number of aliphatic carboxylic acids is 1. The summed E-state index contributed by atoms with van der Waals surface area (Å²) >= 11 is 0. The zero-order chi connectivity index (χ0) is 37.1. The molecule has 1 unspecified atom stereocenters. The van der Waals surface area contributed by atoms with Gasteiger partial charge in [-0.2, -0.15) is 0 Å². The minimum Gasteiger partial charge on any atom is -0.480 e. The van der Waals surface area contributed by atoms with Gasteiger partial charge in [0.1, 0.15) is 12.6 Å². The van der Waals surface area contributed by atoms with Crippen molar-refractivity contribution in [3.63, 3.8) is 0 Å². The van der Waals surface area contributed by atoms with E-state index in [1.807, 2.05) is 0 Å². The Hall–Kier alpha value is -2.04. The highest BCUT2D eigenvalue weighted by molar-refractivity contribution is 7.47. The highest BCUT2D eigenvalue weighted by atomic mass is 31.2. The van der Waals surface area contributed by atoms with Crippen LogP contribution in [0.4, 0.5) is 0 Å². The Morgan fingerprint density at radius 1 is 0.620 bits per heavy atom. The SMILES string of the molecule is CCCCCCCC/C=C/C/C=C/CCCCC(=O)OC[C@H](COP(=O)(O)OC[C@H](N)C(=O)O)OC(=O)CCCCCCCCCCCCC. The van der Waals surface area contributed by atoms with Gasteiger partial charge in [-0.25, -0.2) is 4.57 Å². The summed E-state index contributed by atoms with van der Waals surface area (Å²) < 4.78 is 32.5. The second-order valence-corrected chi connectivity index (χ2v) is 14.5. The summed E-state index contributed by atoms with van der Waals surface area (Å²) in [6.07, 6.45) is 32.5. The van der Waals surface area contributed by atoms with Crippen LogP contribution in [0.2, 0.25) is 0 Å². The predicted molar refractivity (Wildman–Crippen MR) is 199 cm³/mol. The third kappa shape index (κ3) is 33.1. The quantitative estimate of drug-likeness (QED) is 0.0242. The zero-order valence-electron chi connectivity index (χ0n) is 31.2. The standard InChI is InChI=1S/C38H70NO10P/c1-3-5-7-9-11-13-15-16-17-18-20-21-23-25-27-29-36(40)46-31-34(32-47-50(44,45)48-33-35(39)38(42)43)49-37(41)30-28-26-24-22-19-14-12-10-8-6-4-2/h16-17,20-21,34-35H,3-15,18-19,22-33,39H2,1-2H3,(H,42,43)(H,44,45)/b17-16+,21-20+/t34-,35+/m1/s1. The lowest BCUT2D eigenvalue weighted by Gasteiger charge is -2.20. The maximum atomic E-state index is 12.5. The van der Waals surface area contributed by atoms with Crippen LogP contribution in [0.25, 0.3) is 0 Å². The van der Waals surface area contributed by atoms with E-state index in [1.165, 1.54) is 83.5 Å². The summed E-state index contributed by atoms with van der Waals surface area (Å²) in [7, 11) is -4.71. The third-order valence-electron chi connectivity index (χ3n) is 8.20. The molecule has 0 aliphatic rings. The summed E-state index contributed by atoms with van der Waals surface area (Å²) in [5.74, 6) is -2.42. The number of carboxylic acid groups (broad SMARTS) is 1. The number of allylic oxidation sites excluding steroid dienone is 4. The van der Waals surface area contributed by atoms with Gasteiger partial charge in [0.25, 0.3) is 0 Å². The van der Waals surface area contributed by atoms with Crippen LogP contribution in [0.3, 0.4) is 0 Å². The molecule has 0 saturated heterocycles. The number of hydrogen-bond acceptors (Lipinski definition) is 9. The molecule has 0 aliphatic carbocycles. The molecule has 0 aromatic rings. The van der Waals surface area contributed by atoms with Crippen LogP contribution in [0.5, 0.6) is 0 Å². The van der Waals surface area contributed by atoms with E-state index in [9.17, 15) is 23.8 Å². The molecule has 0 saturated carbocycles. The summed E-state index contributed by atoms with van der Waals surface area (Å²) in [6, 6.07) is -1.52. The molecule has 11 nitrogen and oxygen atoms in total. The smallest absolute Gasteiger partial charge is 0.472 e. The number of carbonyl (C=O) groups excluding carboxylic acids is 2. The van der Waals surface area contributed by atoms with Crippen LogP contribution in [0.15, 0.2) is 24.3 Å². The van der Waals surface area contributed by atoms with Crippen molar-refractivity contribution in [2.45, 2.75) is 180 Å². The lowest BCUT2D eigenvalue weighted by molar-refractivity contribution is -0.161. The number of phosphoric acid groups is 1. The molecule has 0 aromatic heterocycles. The Balaban J connectivity index is 4.47. The van der Waals surface area contributed by atoms with Crippen molar-refractivity contribution in [2.75, 3.05) is 19.8 Å². The summed E-state index contributed by atoms with van der Waals surface area (Å²) in [4.78, 5) is 45.7. The van der Waals surface area contributed by atoms with Gasteiger partial charge < -0.3 is 25.2 Å². The lowest BCUT2D eigenvalue weighted by Crippen LogP contribution is -2.34. The molecule has 0 aliphatic heterocycles. The van der Waals surface area contributed by atoms with Gasteiger partial charge in [0.15, 0.2) is 6.10 Å². The van der Waals surface area contributed by atoms with E-state index >= 15 is 0 Å². The number of rotatable bonds is 36. The van der Waals surface area contributed by atoms with Crippen molar-refractivity contribution >= 4 is 25.7 Å². The van der Waals surface area contributed by atoms with Gasteiger partial charge in [-0.1, -0.05) is 134 Å². The van der Waals surface area contributed by atoms with Gasteiger partial charge in [0.2, 0.25) is 0 Å². The number of esters is 2. The second kappa shape index (κ2) is 34.1. The summed E-state index contributed by atoms with van der Waals surface area (Å²) in [5.41, 5.74) is 5.31. The second-order valence-electron chi connectivity index (χ2n) is 13.1. The number of carboxylic acids is 1. The maximum absolute atomic E-state index is 12.5. The molecule has 50 heavy (non-hydrogen) atoms. The van der Waals surface area contributed by atoms with Crippen LogP contribution in [0, 0.1) is 0 Å². The fraction of sp³-hybridized carbons (Fsp3) is 0.816. The molecular weight excluding hydrogens is 661 g/mol. The van der Waals surface area contributed by atoms with Gasteiger partial charge in [-0.15, -0.1) is 0 Å². The largest absolute Gasteiger partial charge is 0.480 e.